The van der Waals surface area contributed by atoms with E-state index in [0.29, 0.717) is 36.9 Å². The third kappa shape index (κ3) is 7.27. The van der Waals surface area contributed by atoms with Crippen molar-refractivity contribution in [2.45, 2.75) is 51.9 Å². The number of aliphatic hydroxyl groups excluding tert-OH is 1. The summed E-state index contributed by atoms with van der Waals surface area (Å²) in [6.07, 6.45) is 4.19. The van der Waals surface area contributed by atoms with Crippen molar-refractivity contribution in [1.82, 2.24) is 19.5 Å². The summed E-state index contributed by atoms with van der Waals surface area (Å²) in [5, 5.41) is 16.4. The molecule has 3 aromatic carbocycles. The maximum Gasteiger partial charge on any atom is 0.233 e. The van der Waals surface area contributed by atoms with Crippen LogP contribution >= 0.6 is 0 Å². The number of rotatable bonds is 14. The molecule has 1 fully saturated rings. The minimum absolute atomic E-state index is 0.478. The van der Waals surface area contributed by atoms with Crippen LogP contribution in [0.1, 0.15) is 60.2 Å². The lowest BCUT2D eigenvalue weighted by molar-refractivity contribution is 0.212. The number of likely N-dealkylation sites (tertiary alicyclic amines) is 1. The van der Waals surface area contributed by atoms with Crippen molar-refractivity contribution < 1.29 is 19.3 Å². The molecule has 1 unspecified atom stereocenters. The summed E-state index contributed by atoms with van der Waals surface area (Å²) in [7, 11) is 3.34. The zero-order valence-corrected chi connectivity index (χ0v) is 26.9. The van der Waals surface area contributed by atoms with Gasteiger partial charge < -0.3 is 24.2 Å². The van der Waals surface area contributed by atoms with E-state index >= 15 is 0 Å². The maximum atomic E-state index is 11.6. The first-order valence-electron chi connectivity index (χ1n) is 16.1. The third-order valence-electron chi connectivity index (χ3n) is 8.49. The molecule has 0 radical (unpaired) electrons. The zero-order valence-electron chi connectivity index (χ0n) is 26.9. The fraction of sp³-hybridized carbons (Fsp3) is 0.351. The van der Waals surface area contributed by atoms with Crippen molar-refractivity contribution in [1.29, 1.82) is 0 Å². The highest BCUT2D eigenvalue weighted by Crippen LogP contribution is 2.32. The number of anilines is 1. The Kier molecular flexibility index (Phi) is 10.0. The standard InChI is InChI=1S/C37H43N5O4/c1-4-21-46-35-22-33(41(25-28-9-15-31(44-2)16-10-28)26-29-11-17-32(45-3)18-12-29)37-38-23-34(42(37)39-35)36(43)30-13-7-27(8-14-30)24-40-19-5-6-20-40/h7-18,22-23,36,43H,4-6,19-21,24-26H2,1-3H3. The molecule has 240 valence electrons. The van der Waals surface area contributed by atoms with Gasteiger partial charge >= 0.3 is 0 Å². The number of nitrogens with zero attached hydrogens (tertiary/aromatic N) is 5. The average Bonchev–Trinajstić information content (AvgIpc) is 3.77. The highest BCUT2D eigenvalue weighted by atomic mass is 16.5. The van der Waals surface area contributed by atoms with Crippen LogP contribution < -0.4 is 19.1 Å². The molecule has 1 saturated heterocycles. The van der Waals surface area contributed by atoms with Crippen LogP contribution in [0.5, 0.6) is 17.4 Å². The number of methoxy groups -OCH3 is 2. The molecular formula is C37H43N5O4. The number of fused-ring (bicyclic) bond motifs is 1. The van der Waals surface area contributed by atoms with E-state index in [4.69, 9.17) is 24.3 Å². The van der Waals surface area contributed by atoms with E-state index in [9.17, 15) is 5.11 Å². The van der Waals surface area contributed by atoms with Gasteiger partial charge in [-0.3, -0.25) is 4.90 Å². The Morgan fingerprint density at radius 3 is 1.98 bits per heavy atom. The lowest BCUT2D eigenvalue weighted by atomic mass is 10.0. The van der Waals surface area contributed by atoms with Crippen LogP contribution in [0.4, 0.5) is 5.69 Å². The zero-order chi connectivity index (χ0) is 31.9. The van der Waals surface area contributed by atoms with Gasteiger partial charge in [0.05, 0.1) is 38.4 Å². The van der Waals surface area contributed by atoms with Crippen LogP contribution in [0.15, 0.2) is 85.1 Å². The Hall–Kier alpha value is -4.60. The molecule has 5 aromatic rings. The molecule has 0 bridgehead atoms. The van der Waals surface area contributed by atoms with Gasteiger partial charge in [-0.05, 0) is 78.9 Å². The molecule has 9 nitrogen and oxygen atoms in total. The second-order valence-corrected chi connectivity index (χ2v) is 11.8. The Bertz CT molecular complexity index is 1650. The van der Waals surface area contributed by atoms with Gasteiger partial charge in [-0.25, -0.2) is 9.50 Å². The Morgan fingerprint density at radius 2 is 1.41 bits per heavy atom. The smallest absolute Gasteiger partial charge is 0.233 e. The summed E-state index contributed by atoms with van der Waals surface area (Å²) in [4.78, 5) is 9.56. The van der Waals surface area contributed by atoms with Crippen LogP contribution in [-0.4, -0.2) is 58.5 Å². The van der Waals surface area contributed by atoms with Crippen LogP contribution in [-0.2, 0) is 19.6 Å². The lowest BCUT2D eigenvalue weighted by Crippen LogP contribution is -2.23. The molecule has 1 aliphatic heterocycles. The van der Waals surface area contributed by atoms with E-state index < -0.39 is 6.10 Å². The minimum Gasteiger partial charge on any atom is -0.497 e. The predicted molar refractivity (Wildman–Crippen MR) is 180 cm³/mol. The van der Waals surface area contributed by atoms with E-state index in [2.05, 4.69) is 53.1 Å². The van der Waals surface area contributed by atoms with Gasteiger partial charge in [0.25, 0.3) is 0 Å². The van der Waals surface area contributed by atoms with Gasteiger partial charge in [-0.15, -0.1) is 5.10 Å². The Balaban J connectivity index is 1.37. The molecule has 46 heavy (non-hydrogen) atoms. The van der Waals surface area contributed by atoms with E-state index in [0.717, 1.165) is 59.9 Å². The first kappa shape index (κ1) is 31.4. The molecule has 0 spiro atoms. The molecule has 3 heterocycles. The van der Waals surface area contributed by atoms with Crippen LogP contribution in [0.3, 0.4) is 0 Å². The summed E-state index contributed by atoms with van der Waals surface area (Å²) in [5.74, 6) is 2.09. The van der Waals surface area contributed by atoms with E-state index in [1.165, 1.54) is 18.4 Å². The van der Waals surface area contributed by atoms with Gasteiger partial charge in [0.2, 0.25) is 5.88 Å². The van der Waals surface area contributed by atoms with Crippen LogP contribution in [0.2, 0.25) is 0 Å². The Morgan fingerprint density at radius 1 is 0.826 bits per heavy atom. The first-order valence-corrected chi connectivity index (χ1v) is 16.1. The predicted octanol–water partition coefficient (Wildman–Crippen LogP) is 6.42. The monoisotopic (exact) mass is 621 g/mol. The molecule has 1 atom stereocenters. The molecule has 0 aliphatic carbocycles. The lowest BCUT2D eigenvalue weighted by Gasteiger charge is -2.26. The van der Waals surface area contributed by atoms with Crippen molar-refractivity contribution in [3.63, 3.8) is 0 Å². The van der Waals surface area contributed by atoms with Crippen molar-refractivity contribution in [2.75, 3.05) is 38.8 Å². The van der Waals surface area contributed by atoms with Crippen LogP contribution in [0.25, 0.3) is 5.65 Å². The molecule has 0 amide bonds. The van der Waals surface area contributed by atoms with Gasteiger partial charge in [-0.2, -0.15) is 0 Å². The highest BCUT2D eigenvalue weighted by Gasteiger charge is 2.23. The summed E-state index contributed by atoms with van der Waals surface area (Å²) in [6.45, 7) is 7.04. The van der Waals surface area contributed by atoms with Crippen molar-refractivity contribution in [3.8, 4) is 17.4 Å². The molecule has 9 heteroatoms. The number of aliphatic hydroxyl groups is 1. The fourth-order valence-corrected chi connectivity index (χ4v) is 5.95. The molecule has 1 aliphatic rings. The second kappa shape index (κ2) is 14.7. The summed E-state index contributed by atoms with van der Waals surface area (Å²) in [6, 6.07) is 26.4. The van der Waals surface area contributed by atoms with Crippen molar-refractivity contribution in [3.05, 3.63) is 113 Å². The molecule has 2 aromatic heterocycles. The minimum atomic E-state index is -0.908. The SMILES string of the molecule is CCCOc1cc(N(Cc2ccc(OC)cc2)Cc2ccc(OC)cc2)c2ncc(C(O)c3ccc(CN4CCCC4)cc3)n2n1. The van der Waals surface area contributed by atoms with Crippen LogP contribution in [0, 0.1) is 0 Å². The third-order valence-corrected chi connectivity index (χ3v) is 8.49. The molecule has 6 rings (SSSR count). The average molecular weight is 622 g/mol. The van der Waals surface area contributed by atoms with Crippen molar-refractivity contribution >= 4 is 11.3 Å². The van der Waals surface area contributed by atoms with Crippen molar-refractivity contribution in [2.24, 2.45) is 0 Å². The molecular weight excluding hydrogens is 578 g/mol. The maximum absolute atomic E-state index is 11.6. The quantitative estimate of drug-likeness (QED) is 0.152. The number of hydrogen-bond acceptors (Lipinski definition) is 8. The Labute approximate surface area is 271 Å². The second-order valence-electron chi connectivity index (χ2n) is 11.8. The molecule has 1 N–H and O–H groups in total. The first-order chi connectivity index (χ1) is 22.5. The number of hydrogen-bond donors (Lipinski definition) is 1. The highest BCUT2D eigenvalue weighted by molar-refractivity contribution is 5.70. The molecule has 0 saturated carbocycles. The summed E-state index contributed by atoms with van der Waals surface area (Å²) < 4.78 is 18.6. The van der Waals surface area contributed by atoms with Gasteiger partial charge in [-0.1, -0.05) is 55.5 Å². The van der Waals surface area contributed by atoms with Gasteiger partial charge in [0, 0.05) is 25.7 Å². The summed E-state index contributed by atoms with van der Waals surface area (Å²) >= 11 is 0. The number of ether oxygens (including phenoxy) is 3. The largest absolute Gasteiger partial charge is 0.497 e. The normalized spacial score (nSPS) is 14.0. The number of aromatic nitrogens is 3. The van der Waals surface area contributed by atoms with E-state index in [-0.39, 0.29) is 0 Å². The van der Waals surface area contributed by atoms with Gasteiger partial charge in [0.15, 0.2) is 5.65 Å². The van der Waals surface area contributed by atoms with E-state index in [1.54, 1.807) is 24.9 Å². The topological polar surface area (TPSA) is 84.6 Å². The van der Waals surface area contributed by atoms with E-state index in [1.807, 2.05) is 42.5 Å². The number of benzene rings is 3. The van der Waals surface area contributed by atoms with Gasteiger partial charge in [0.1, 0.15) is 17.6 Å². The summed E-state index contributed by atoms with van der Waals surface area (Å²) in [5.41, 5.74) is 6.35. The fourth-order valence-electron chi connectivity index (χ4n) is 5.95. The number of imidazole rings is 1.